The van der Waals surface area contributed by atoms with E-state index in [9.17, 15) is 9.59 Å². The van der Waals surface area contributed by atoms with Gasteiger partial charge in [-0.05, 0) is 6.07 Å². The van der Waals surface area contributed by atoms with Gasteiger partial charge in [-0.15, -0.1) is 5.10 Å². The predicted octanol–water partition coefficient (Wildman–Crippen LogP) is -0.384. The van der Waals surface area contributed by atoms with E-state index in [1.807, 2.05) is 4.90 Å². The lowest BCUT2D eigenvalue weighted by Crippen LogP contribution is -2.36. The Morgan fingerprint density at radius 3 is 2.84 bits per heavy atom. The Labute approximate surface area is 178 Å². The van der Waals surface area contributed by atoms with E-state index in [1.54, 1.807) is 36.9 Å². The number of likely N-dealkylation sites (N-methyl/N-ethyl adjacent to an activating group) is 1. The van der Waals surface area contributed by atoms with Crippen molar-refractivity contribution in [2.45, 2.75) is 0 Å². The number of hydrogen-bond acceptors (Lipinski definition) is 8. The Morgan fingerprint density at radius 1 is 1.32 bits per heavy atom. The molecule has 3 aromatic rings. The maximum Gasteiger partial charge on any atom is 0.274 e. The van der Waals surface area contributed by atoms with E-state index in [-0.39, 0.29) is 24.4 Å². The largest absolute Gasteiger partial charge is 0.395 e. The third kappa shape index (κ3) is 4.20. The number of pyridine rings is 1. The first kappa shape index (κ1) is 20.8. The van der Waals surface area contributed by atoms with E-state index in [0.29, 0.717) is 30.5 Å². The van der Waals surface area contributed by atoms with Gasteiger partial charge in [-0.25, -0.2) is 4.52 Å². The molecular weight excluding hydrogens is 404 g/mol. The van der Waals surface area contributed by atoms with E-state index in [4.69, 9.17) is 9.84 Å². The normalized spacial score (nSPS) is 14.1. The monoisotopic (exact) mass is 428 g/mol. The van der Waals surface area contributed by atoms with Crippen molar-refractivity contribution in [1.29, 1.82) is 0 Å². The highest BCUT2D eigenvalue weighted by atomic mass is 16.5. The molecule has 0 atom stereocenters. The molecule has 31 heavy (non-hydrogen) atoms. The first-order valence-electron chi connectivity index (χ1n) is 9.86. The fourth-order valence-electron chi connectivity index (χ4n) is 3.36. The van der Waals surface area contributed by atoms with Crippen LogP contribution in [-0.2, 0) is 11.8 Å². The molecule has 1 fully saturated rings. The van der Waals surface area contributed by atoms with Crippen LogP contribution in [0.25, 0.3) is 5.65 Å². The highest BCUT2D eigenvalue weighted by Crippen LogP contribution is 2.18. The lowest BCUT2D eigenvalue weighted by molar-refractivity contribution is 0.0762. The summed E-state index contributed by atoms with van der Waals surface area (Å²) in [7, 11) is 3.15. The number of nitrogens with zero attached hydrogens (tertiary/aromatic N) is 7. The summed E-state index contributed by atoms with van der Waals surface area (Å²) < 4.78 is 8.35. The number of morpholine rings is 1. The van der Waals surface area contributed by atoms with Crippen molar-refractivity contribution >= 4 is 29.1 Å². The topological polar surface area (TPSA) is 130 Å². The van der Waals surface area contributed by atoms with Gasteiger partial charge in [0.1, 0.15) is 5.69 Å². The molecule has 2 amide bonds. The zero-order chi connectivity index (χ0) is 22.0. The standard InChI is InChI=1S/C19H24N8O4/c1-24(5-8-28)18(30)14-12-20-25(2)16(14)17(29)21-13-3-4-27-15(11-13)22-19(23-27)26-6-9-31-10-7-26/h3-4,11-12,28H,5-10H2,1-2H3,(H,21,29). The molecular formula is C19H24N8O4. The number of hydrogen-bond donors (Lipinski definition) is 2. The van der Waals surface area contributed by atoms with Crippen LogP contribution in [0.4, 0.5) is 11.6 Å². The molecule has 0 aliphatic carbocycles. The van der Waals surface area contributed by atoms with Gasteiger partial charge >= 0.3 is 0 Å². The minimum Gasteiger partial charge on any atom is -0.395 e. The number of ether oxygens (including phenoxy) is 1. The summed E-state index contributed by atoms with van der Waals surface area (Å²) in [5.41, 5.74) is 1.39. The number of nitrogens with one attached hydrogen (secondary N) is 1. The van der Waals surface area contributed by atoms with Crippen LogP contribution in [0.1, 0.15) is 20.8 Å². The maximum atomic E-state index is 12.9. The fraction of sp³-hybridized carbons (Fsp3) is 0.421. The Hall–Kier alpha value is -3.51. The summed E-state index contributed by atoms with van der Waals surface area (Å²) in [6, 6.07) is 3.42. The van der Waals surface area contributed by atoms with Crippen LogP contribution in [0.5, 0.6) is 0 Å². The number of aliphatic hydroxyl groups excluding tert-OH is 1. The first-order valence-corrected chi connectivity index (χ1v) is 9.86. The number of carbonyl (C=O) groups is 2. The van der Waals surface area contributed by atoms with Gasteiger partial charge in [0, 0.05) is 51.7 Å². The van der Waals surface area contributed by atoms with Crippen LogP contribution in [0.2, 0.25) is 0 Å². The number of amides is 2. The van der Waals surface area contributed by atoms with Crippen molar-refractivity contribution in [3.63, 3.8) is 0 Å². The smallest absolute Gasteiger partial charge is 0.274 e. The van der Waals surface area contributed by atoms with Gasteiger partial charge in [-0.1, -0.05) is 0 Å². The second kappa shape index (κ2) is 8.70. The molecule has 12 nitrogen and oxygen atoms in total. The molecule has 0 spiro atoms. The minimum atomic E-state index is -0.474. The molecule has 12 heteroatoms. The summed E-state index contributed by atoms with van der Waals surface area (Å²) in [6.45, 7) is 2.70. The number of anilines is 2. The SMILES string of the molecule is CN(CCO)C(=O)c1cnn(C)c1C(=O)Nc1ccn2nc(N3CCOCC3)nc2c1. The molecule has 1 aliphatic rings. The highest BCUT2D eigenvalue weighted by Gasteiger charge is 2.24. The molecule has 4 rings (SSSR count). The number of carbonyl (C=O) groups excluding carboxylic acids is 2. The Morgan fingerprint density at radius 2 is 2.10 bits per heavy atom. The summed E-state index contributed by atoms with van der Waals surface area (Å²) in [5, 5.41) is 20.4. The molecule has 164 valence electrons. The Kier molecular flexibility index (Phi) is 5.82. The Bertz CT molecular complexity index is 1100. The molecule has 1 saturated heterocycles. The van der Waals surface area contributed by atoms with Crippen molar-refractivity contribution in [1.82, 2.24) is 29.3 Å². The van der Waals surface area contributed by atoms with Crippen LogP contribution in [0, 0.1) is 0 Å². The van der Waals surface area contributed by atoms with Crippen molar-refractivity contribution < 1.29 is 19.4 Å². The summed E-state index contributed by atoms with van der Waals surface area (Å²) in [4.78, 5) is 33.5. The molecule has 0 bridgehead atoms. The van der Waals surface area contributed by atoms with Gasteiger partial charge in [0.05, 0.1) is 31.6 Å². The highest BCUT2D eigenvalue weighted by molar-refractivity contribution is 6.11. The van der Waals surface area contributed by atoms with Gasteiger partial charge in [0.2, 0.25) is 5.95 Å². The molecule has 0 aromatic carbocycles. The number of aryl methyl sites for hydroxylation is 1. The maximum absolute atomic E-state index is 12.9. The van der Waals surface area contributed by atoms with Gasteiger partial charge < -0.3 is 25.0 Å². The molecule has 0 unspecified atom stereocenters. The number of aromatic nitrogens is 5. The number of aliphatic hydroxyl groups is 1. The van der Waals surface area contributed by atoms with Crippen LogP contribution >= 0.6 is 0 Å². The van der Waals surface area contributed by atoms with Gasteiger partial charge in [-0.2, -0.15) is 10.1 Å². The van der Waals surface area contributed by atoms with Gasteiger partial charge in [-0.3, -0.25) is 14.3 Å². The first-order chi connectivity index (χ1) is 15.0. The van der Waals surface area contributed by atoms with Crippen molar-refractivity contribution in [2.24, 2.45) is 7.05 Å². The average Bonchev–Trinajstić information content (AvgIpc) is 3.37. The molecule has 0 radical (unpaired) electrons. The van der Waals surface area contributed by atoms with E-state index in [0.717, 1.165) is 13.1 Å². The number of rotatable bonds is 6. The van der Waals surface area contributed by atoms with Crippen molar-refractivity contribution in [3.8, 4) is 0 Å². The lowest BCUT2D eigenvalue weighted by Gasteiger charge is -2.25. The van der Waals surface area contributed by atoms with E-state index in [2.05, 4.69) is 20.5 Å². The minimum absolute atomic E-state index is 0.130. The molecule has 4 heterocycles. The quantitative estimate of drug-likeness (QED) is 0.543. The molecule has 2 N–H and O–H groups in total. The van der Waals surface area contributed by atoms with Crippen LogP contribution in [0.3, 0.4) is 0 Å². The second-order valence-electron chi connectivity index (χ2n) is 7.16. The summed E-state index contributed by atoms with van der Waals surface area (Å²) in [5.74, 6) is -0.258. The van der Waals surface area contributed by atoms with Gasteiger partial charge in [0.15, 0.2) is 5.65 Å². The molecule has 0 saturated carbocycles. The predicted molar refractivity (Wildman–Crippen MR) is 111 cm³/mol. The van der Waals surface area contributed by atoms with Crippen molar-refractivity contribution in [3.05, 3.63) is 35.8 Å². The summed E-state index contributed by atoms with van der Waals surface area (Å²) >= 11 is 0. The lowest BCUT2D eigenvalue weighted by atomic mass is 10.2. The van der Waals surface area contributed by atoms with Crippen LogP contribution in [0.15, 0.2) is 24.5 Å². The van der Waals surface area contributed by atoms with Crippen molar-refractivity contribution in [2.75, 3.05) is 56.7 Å². The van der Waals surface area contributed by atoms with E-state index in [1.165, 1.54) is 15.8 Å². The zero-order valence-electron chi connectivity index (χ0n) is 17.4. The zero-order valence-corrected chi connectivity index (χ0v) is 17.4. The van der Waals surface area contributed by atoms with Crippen LogP contribution < -0.4 is 10.2 Å². The third-order valence-corrected chi connectivity index (χ3v) is 5.04. The van der Waals surface area contributed by atoms with E-state index < -0.39 is 11.8 Å². The average molecular weight is 428 g/mol. The molecule has 1 aliphatic heterocycles. The van der Waals surface area contributed by atoms with Gasteiger partial charge in [0.25, 0.3) is 11.8 Å². The van der Waals surface area contributed by atoms with E-state index >= 15 is 0 Å². The summed E-state index contributed by atoms with van der Waals surface area (Å²) in [6.07, 6.45) is 3.06. The fourth-order valence-corrected chi connectivity index (χ4v) is 3.36. The Balaban J connectivity index is 1.55. The third-order valence-electron chi connectivity index (χ3n) is 5.04. The number of fused-ring (bicyclic) bond motifs is 1. The van der Waals surface area contributed by atoms with Crippen LogP contribution in [-0.4, -0.2) is 92.7 Å². The molecule has 3 aromatic heterocycles. The second-order valence-corrected chi connectivity index (χ2v) is 7.16.